The smallest absolute Gasteiger partial charge is 0.338 e. The fourth-order valence-corrected chi connectivity index (χ4v) is 2.42. The summed E-state index contributed by atoms with van der Waals surface area (Å²) in [6.45, 7) is 5.55. The van der Waals surface area contributed by atoms with E-state index in [1.165, 1.54) is 6.92 Å². The van der Waals surface area contributed by atoms with Crippen LogP contribution in [0.3, 0.4) is 0 Å². The standard InChI is InChI=1S/C22H24N2O4/c1-4-13-28-22(27)17-9-11-19(12-10-17)24-21(26)20(23-16(3)25)14-18-8-6-5-7-15(18)2/h5-12,14H,4,13H2,1-3H3,(H,23,25)(H,24,26). The van der Waals surface area contributed by atoms with Crippen LogP contribution in [0.1, 0.15) is 41.8 Å². The Bertz CT molecular complexity index is 886. The van der Waals surface area contributed by atoms with E-state index in [9.17, 15) is 14.4 Å². The first kappa shape index (κ1) is 20.9. The number of ether oxygens (including phenoxy) is 1. The van der Waals surface area contributed by atoms with Crippen molar-refractivity contribution >= 4 is 29.5 Å². The third-order valence-electron chi connectivity index (χ3n) is 3.86. The molecule has 28 heavy (non-hydrogen) atoms. The molecule has 0 unspecified atom stereocenters. The third kappa shape index (κ3) is 6.09. The molecule has 2 aromatic carbocycles. The highest BCUT2D eigenvalue weighted by molar-refractivity contribution is 6.08. The van der Waals surface area contributed by atoms with Crippen molar-refractivity contribution in [2.24, 2.45) is 0 Å². The van der Waals surface area contributed by atoms with E-state index < -0.39 is 11.9 Å². The molecule has 146 valence electrons. The van der Waals surface area contributed by atoms with Crippen molar-refractivity contribution in [3.05, 3.63) is 70.9 Å². The first-order chi connectivity index (χ1) is 13.4. The predicted molar refractivity (Wildman–Crippen MR) is 109 cm³/mol. The van der Waals surface area contributed by atoms with Crippen molar-refractivity contribution in [1.82, 2.24) is 5.32 Å². The molecule has 0 aliphatic carbocycles. The van der Waals surface area contributed by atoms with Crippen LogP contribution in [0.5, 0.6) is 0 Å². The lowest BCUT2D eigenvalue weighted by Gasteiger charge is -2.11. The fourth-order valence-electron chi connectivity index (χ4n) is 2.42. The Morgan fingerprint density at radius 3 is 2.32 bits per heavy atom. The number of esters is 1. The van der Waals surface area contributed by atoms with Crippen LogP contribution in [0, 0.1) is 6.92 Å². The molecule has 0 radical (unpaired) electrons. The summed E-state index contributed by atoms with van der Waals surface area (Å²) in [5.74, 6) is -1.21. The van der Waals surface area contributed by atoms with E-state index >= 15 is 0 Å². The maximum Gasteiger partial charge on any atom is 0.338 e. The molecule has 0 bridgehead atoms. The summed E-state index contributed by atoms with van der Waals surface area (Å²) in [5.41, 5.74) is 2.85. The Kier molecular flexibility index (Phi) is 7.51. The van der Waals surface area contributed by atoms with Crippen molar-refractivity contribution in [2.75, 3.05) is 11.9 Å². The molecule has 0 saturated carbocycles. The molecule has 0 aliphatic heterocycles. The largest absolute Gasteiger partial charge is 0.462 e. The van der Waals surface area contributed by atoms with E-state index in [0.29, 0.717) is 17.9 Å². The molecule has 2 rings (SSSR count). The zero-order chi connectivity index (χ0) is 20.5. The van der Waals surface area contributed by atoms with Gasteiger partial charge in [0.25, 0.3) is 5.91 Å². The number of amides is 2. The van der Waals surface area contributed by atoms with E-state index in [0.717, 1.165) is 17.5 Å². The molecule has 0 spiro atoms. The van der Waals surface area contributed by atoms with Gasteiger partial charge in [-0.3, -0.25) is 9.59 Å². The second-order valence-corrected chi connectivity index (χ2v) is 6.26. The summed E-state index contributed by atoms with van der Waals surface area (Å²) < 4.78 is 5.07. The second-order valence-electron chi connectivity index (χ2n) is 6.26. The number of hydrogen-bond donors (Lipinski definition) is 2. The van der Waals surface area contributed by atoms with E-state index in [2.05, 4.69) is 10.6 Å². The summed E-state index contributed by atoms with van der Waals surface area (Å²) in [7, 11) is 0. The molecular weight excluding hydrogens is 356 g/mol. The summed E-state index contributed by atoms with van der Waals surface area (Å²) in [5, 5.41) is 5.29. The zero-order valence-electron chi connectivity index (χ0n) is 16.2. The molecule has 0 aromatic heterocycles. The number of anilines is 1. The van der Waals surface area contributed by atoms with Gasteiger partial charge in [0.2, 0.25) is 5.91 Å². The van der Waals surface area contributed by atoms with Gasteiger partial charge in [0, 0.05) is 12.6 Å². The van der Waals surface area contributed by atoms with Gasteiger partial charge in [0.1, 0.15) is 5.70 Å². The average molecular weight is 380 g/mol. The summed E-state index contributed by atoms with van der Waals surface area (Å²) in [4.78, 5) is 36.0. The van der Waals surface area contributed by atoms with Crippen LogP contribution in [0.15, 0.2) is 54.2 Å². The minimum Gasteiger partial charge on any atom is -0.462 e. The molecule has 2 N–H and O–H groups in total. The van der Waals surface area contributed by atoms with Gasteiger partial charge in [-0.25, -0.2) is 4.79 Å². The van der Waals surface area contributed by atoms with Crippen LogP contribution in [0.4, 0.5) is 5.69 Å². The summed E-state index contributed by atoms with van der Waals surface area (Å²) in [6, 6.07) is 13.9. The first-order valence-corrected chi connectivity index (χ1v) is 9.04. The topological polar surface area (TPSA) is 84.5 Å². The van der Waals surface area contributed by atoms with Gasteiger partial charge in [0.05, 0.1) is 12.2 Å². The molecule has 0 aliphatic rings. The van der Waals surface area contributed by atoms with Crippen LogP contribution in [-0.4, -0.2) is 24.4 Å². The van der Waals surface area contributed by atoms with Crippen LogP contribution >= 0.6 is 0 Å². The molecule has 0 heterocycles. The number of benzene rings is 2. The lowest BCUT2D eigenvalue weighted by Crippen LogP contribution is -2.29. The number of nitrogens with one attached hydrogen (secondary N) is 2. The zero-order valence-corrected chi connectivity index (χ0v) is 16.2. The first-order valence-electron chi connectivity index (χ1n) is 9.04. The van der Waals surface area contributed by atoms with Gasteiger partial charge < -0.3 is 15.4 Å². The molecule has 2 aromatic rings. The number of carbonyl (C=O) groups excluding carboxylic acids is 3. The Hall–Kier alpha value is -3.41. The van der Waals surface area contributed by atoms with Gasteiger partial charge in [-0.15, -0.1) is 0 Å². The fraction of sp³-hybridized carbons (Fsp3) is 0.227. The Balaban J connectivity index is 2.16. The van der Waals surface area contributed by atoms with Crippen molar-refractivity contribution < 1.29 is 19.1 Å². The predicted octanol–water partition coefficient (Wildman–Crippen LogP) is 3.68. The molecule has 6 heteroatoms. The highest BCUT2D eigenvalue weighted by atomic mass is 16.5. The van der Waals surface area contributed by atoms with Crippen molar-refractivity contribution in [3.8, 4) is 0 Å². The highest BCUT2D eigenvalue weighted by Crippen LogP contribution is 2.14. The van der Waals surface area contributed by atoms with Gasteiger partial charge in [-0.05, 0) is 54.8 Å². The summed E-state index contributed by atoms with van der Waals surface area (Å²) >= 11 is 0. The molecular formula is C22H24N2O4. The Labute approximate surface area is 164 Å². The number of hydrogen-bond acceptors (Lipinski definition) is 4. The van der Waals surface area contributed by atoms with E-state index in [-0.39, 0.29) is 11.6 Å². The highest BCUT2D eigenvalue weighted by Gasteiger charge is 2.13. The molecule has 0 atom stereocenters. The number of aryl methyl sites for hydroxylation is 1. The normalized spacial score (nSPS) is 10.9. The second kappa shape index (κ2) is 10.1. The molecule has 6 nitrogen and oxygen atoms in total. The van der Waals surface area contributed by atoms with Crippen molar-refractivity contribution in [3.63, 3.8) is 0 Å². The van der Waals surface area contributed by atoms with Crippen LogP contribution in [0.2, 0.25) is 0 Å². The molecule has 2 amide bonds. The van der Waals surface area contributed by atoms with Gasteiger partial charge >= 0.3 is 5.97 Å². The van der Waals surface area contributed by atoms with Crippen molar-refractivity contribution in [1.29, 1.82) is 0 Å². The minimum atomic E-state index is -0.459. The Morgan fingerprint density at radius 1 is 1.04 bits per heavy atom. The van der Waals surface area contributed by atoms with Crippen LogP contribution in [0.25, 0.3) is 6.08 Å². The maximum atomic E-state index is 12.6. The van der Waals surface area contributed by atoms with Gasteiger partial charge in [-0.1, -0.05) is 31.2 Å². The van der Waals surface area contributed by atoms with Gasteiger partial charge in [-0.2, -0.15) is 0 Å². The van der Waals surface area contributed by atoms with Crippen LogP contribution in [-0.2, 0) is 14.3 Å². The number of rotatable bonds is 7. The maximum absolute atomic E-state index is 12.6. The average Bonchev–Trinajstić information content (AvgIpc) is 2.67. The summed E-state index contributed by atoms with van der Waals surface area (Å²) in [6.07, 6.45) is 2.38. The lowest BCUT2D eigenvalue weighted by atomic mass is 10.1. The SMILES string of the molecule is CCCOC(=O)c1ccc(NC(=O)C(=Cc2ccccc2C)NC(C)=O)cc1. The quantitative estimate of drug-likeness (QED) is 0.567. The third-order valence-corrected chi connectivity index (χ3v) is 3.86. The Morgan fingerprint density at radius 2 is 1.71 bits per heavy atom. The van der Waals surface area contributed by atoms with E-state index in [1.54, 1.807) is 30.3 Å². The van der Waals surface area contributed by atoms with E-state index in [1.807, 2.05) is 38.1 Å². The van der Waals surface area contributed by atoms with Crippen LogP contribution < -0.4 is 10.6 Å². The van der Waals surface area contributed by atoms with E-state index in [4.69, 9.17) is 4.74 Å². The van der Waals surface area contributed by atoms with Crippen molar-refractivity contribution in [2.45, 2.75) is 27.2 Å². The molecule has 0 fully saturated rings. The lowest BCUT2D eigenvalue weighted by molar-refractivity contribution is -0.120. The minimum absolute atomic E-state index is 0.133. The molecule has 0 saturated heterocycles. The monoisotopic (exact) mass is 380 g/mol. The van der Waals surface area contributed by atoms with Gasteiger partial charge in [0.15, 0.2) is 0 Å². The number of carbonyl (C=O) groups is 3.